The molecule has 0 aliphatic carbocycles. The van der Waals surface area contributed by atoms with Gasteiger partial charge in [-0.15, -0.1) is 11.8 Å². The summed E-state index contributed by atoms with van der Waals surface area (Å²) in [5.41, 5.74) is 0. The largest absolute Gasteiger partial charge is 0.133 e. The molecule has 2 aromatic carbocycles. The highest BCUT2D eigenvalue weighted by Gasteiger charge is 2.04. The molecular formula is C28H42S2. The average molecular weight is 443 g/mol. The summed E-state index contributed by atoms with van der Waals surface area (Å²) in [7, 11) is 0. The van der Waals surface area contributed by atoms with Gasteiger partial charge < -0.3 is 0 Å². The number of allylic oxidation sites excluding steroid dienone is 1. The fraction of sp³-hybridized carbons (Fsp3) is 0.571. The second-order valence-corrected chi connectivity index (χ2v) is 10.5. The van der Waals surface area contributed by atoms with Gasteiger partial charge in [0.05, 0.1) is 0 Å². The molecule has 0 saturated heterocycles. The number of thioether (sulfide) groups is 2. The molecule has 0 N–H and O–H groups in total. The van der Waals surface area contributed by atoms with Crippen molar-refractivity contribution in [3.63, 3.8) is 0 Å². The summed E-state index contributed by atoms with van der Waals surface area (Å²) in [5.74, 6) is 1.27. The minimum atomic E-state index is 1.23. The lowest BCUT2D eigenvalue weighted by Crippen LogP contribution is -1.85. The van der Waals surface area contributed by atoms with E-state index in [4.69, 9.17) is 0 Å². The van der Waals surface area contributed by atoms with E-state index >= 15 is 0 Å². The predicted octanol–water partition coefficient (Wildman–Crippen LogP) is 10.6. The number of benzene rings is 2. The predicted molar refractivity (Wildman–Crippen MR) is 142 cm³/mol. The zero-order chi connectivity index (χ0) is 21.3. The van der Waals surface area contributed by atoms with Crippen molar-refractivity contribution in [3.8, 4) is 0 Å². The molecule has 0 bridgehead atoms. The number of unbranched alkanes of at least 4 members (excludes halogenated alkanes) is 10. The van der Waals surface area contributed by atoms with E-state index in [1.165, 1.54) is 105 Å². The highest BCUT2D eigenvalue weighted by Crippen LogP contribution is 2.34. The molecule has 0 spiro atoms. The summed E-state index contributed by atoms with van der Waals surface area (Å²) in [6.07, 6.45) is 17.8. The maximum atomic E-state index is 2.47. The van der Waals surface area contributed by atoms with Crippen molar-refractivity contribution in [1.29, 1.82) is 0 Å². The monoisotopic (exact) mass is 442 g/mol. The Balaban J connectivity index is 1.83. The minimum absolute atomic E-state index is 1.23. The SMILES string of the molecule is CCCCCCCCS/C=C(/CCCCCCCC)Sc1ccc2ccccc2c1. The Bertz CT molecular complexity index is 719. The van der Waals surface area contributed by atoms with E-state index in [-0.39, 0.29) is 0 Å². The van der Waals surface area contributed by atoms with Crippen LogP contribution in [-0.2, 0) is 0 Å². The first-order valence-corrected chi connectivity index (χ1v) is 14.2. The summed E-state index contributed by atoms with van der Waals surface area (Å²) < 4.78 is 0. The molecule has 0 aromatic heterocycles. The molecule has 0 unspecified atom stereocenters. The van der Waals surface area contributed by atoms with Crippen molar-refractivity contribution < 1.29 is 0 Å². The van der Waals surface area contributed by atoms with Crippen molar-refractivity contribution in [3.05, 3.63) is 52.8 Å². The molecule has 0 aliphatic rings. The standard InChI is InChI=1S/C28H42S2/c1-3-5-7-9-11-13-19-28(24-29-22-16-12-10-8-6-4-2)30-27-21-20-25-17-14-15-18-26(25)23-27/h14-15,17-18,20-21,23-24H,3-13,16,19,22H2,1-2H3/b28-24-. The first-order chi connectivity index (χ1) is 14.8. The Morgan fingerprint density at radius 2 is 1.33 bits per heavy atom. The van der Waals surface area contributed by atoms with Gasteiger partial charge in [-0.05, 0) is 58.2 Å². The summed E-state index contributed by atoms with van der Waals surface area (Å²) in [4.78, 5) is 2.93. The number of fused-ring (bicyclic) bond motifs is 1. The molecule has 0 aliphatic heterocycles. The summed E-state index contributed by atoms with van der Waals surface area (Å²) in [6.45, 7) is 4.58. The molecule has 2 aromatic rings. The van der Waals surface area contributed by atoms with Gasteiger partial charge in [-0.25, -0.2) is 0 Å². The fourth-order valence-electron chi connectivity index (χ4n) is 3.71. The number of rotatable bonds is 17. The lowest BCUT2D eigenvalue weighted by Gasteiger charge is -2.09. The van der Waals surface area contributed by atoms with Gasteiger partial charge in [0.2, 0.25) is 0 Å². The highest BCUT2D eigenvalue weighted by molar-refractivity contribution is 8.06. The van der Waals surface area contributed by atoms with Crippen LogP contribution in [0.5, 0.6) is 0 Å². The quantitative estimate of drug-likeness (QED) is 0.176. The van der Waals surface area contributed by atoms with Crippen LogP contribution in [0, 0.1) is 0 Å². The van der Waals surface area contributed by atoms with Crippen LogP contribution >= 0.6 is 23.5 Å². The molecule has 30 heavy (non-hydrogen) atoms. The first-order valence-electron chi connectivity index (χ1n) is 12.3. The first kappa shape index (κ1) is 25.4. The Labute approximate surface area is 194 Å². The van der Waals surface area contributed by atoms with Gasteiger partial charge in [-0.1, -0.05) is 120 Å². The summed E-state index contributed by atoms with van der Waals surface area (Å²) in [6, 6.07) is 15.6. The third kappa shape index (κ3) is 11.0. The second-order valence-electron chi connectivity index (χ2n) is 8.35. The zero-order valence-electron chi connectivity index (χ0n) is 19.3. The van der Waals surface area contributed by atoms with Gasteiger partial charge in [0.25, 0.3) is 0 Å². The second kappa shape index (κ2) is 16.8. The molecule has 0 heterocycles. The summed E-state index contributed by atoms with van der Waals surface area (Å²) >= 11 is 4.02. The van der Waals surface area contributed by atoms with Crippen molar-refractivity contribution in [1.82, 2.24) is 0 Å². The smallest absolute Gasteiger partial charge is 0.0125 e. The highest BCUT2D eigenvalue weighted by atomic mass is 32.2. The van der Waals surface area contributed by atoms with E-state index in [1.54, 1.807) is 4.91 Å². The van der Waals surface area contributed by atoms with Crippen LogP contribution < -0.4 is 0 Å². The fourth-order valence-corrected chi connectivity index (χ4v) is 5.77. The van der Waals surface area contributed by atoms with Gasteiger partial charge >= 0.3 is 0 Å². The summed E-state index contributed by atoms with van der Waals surface area (Å²) in [5, 5.41) is 5.15. The van der Waals surface area contributed by atoms with Crippen molar-refractivity contribution in [2.45, 2.75) is 102 Å². The van der Waals surface area contributed by atoms with Crippen LogP contribution in [0.2, 0.25) is 0 Å². The lowest BCUT2D eigenvalue weighted by molar-refractivity contribution is 0.610. The molecule has 0 atom stereocenters. The van der Waals surface area contributed by atoms with Crippen LogP contribution in [0.4, 0.5) is 0 Å². The Hall–Kier alpha value is -0.860. The lowest BCUT2D eigenvalue weighted by atomic mass is 10.1. The maximum Gasteiger partial charge on any atom is 0.0125 e. The molecule has 2 heteroatoms. The van der Waals surface area contributed by atoms with Gasteiger partial charge in [0, 0.05) is 4.90 Å². The zero-order valence-corrected chi connectivity index (χ0v) is 21.0. The van der Waals surface area contributed by atoms with Gasteiger partial charge in [-0.2, -0.15) is 0 Å². The molecule has 166 valence electrons. The molecule has 0 nitrogen and oxygen atoms in total. The topological polar surface area (TPSA) is 0 Å². The van der Waals surface area contributed by atoms with Crippen LogP contribution in [-0.4, -0.2) is 5.75 Å². The minimum Gasteiger partial charge on any atom is -0.133 e. The van der Waals surface area contributed by atoms with Crippen LogP contribution in [0.25, 0.3) is 10.8 Å². The van der Waals surface area contributed by atoms with E-state index in [1.807, 2.05) is 23.5 Å². The Morgan fingerprint density at radius 1 is 0.700 bits per heavy atom. The molecule has 0 radical (unpaired) electrons. The van der Waals surface area contributed by atoms with E-state index in [2.05, 4.69) is 61.7 Å². The van der Waals surface area contributed by atoms with E-state index in [0.717, 1.165) is 0 Å². The third-order valence-electron chi connectivity index (χ3n) is 5.58. The Morgan fingerprint density at radius 3 is 2.07 bits per heavy atom. The van der Waals surface area contributed by atoms with Crippen LogP contribution in [0.1, 0.15) is 97.3 Å². The Kier molecular flexibility index (Phi) is 14.2. The molecule has 0 amide bonds. The van der Waals surface area contributed by atoms with E-state index in [9.17, 15) is 0 Å². The number of hydrogen-bond donors (Lipinski definition) is 0. The molecule has 2 rings (SSSR count). The molecule has 0 fully saturated rings. The molecular weight excluding hydrogens is 400 g/mol. The van der Waals surface area contributed by atoms with Crippen molar-refractivity contribution in [2.24, 2.45) is 0 Å². The van der Waals surface area contributed by atoms with Crippen LogP contribution in [0.3, 0.4) is 0 Å². The number of hydrogen-bond acceptors (Lipinski definition) is 2. The average Bonchev–Trinajstić information content (AvgIpc) is 2.77. The van der Waals surface area contributed by atoms with Crippen LogP contribution in [0.15, 0.2) is 57.7 Å². The van der Waals surface area contributed by atoms with E-state index < -0.39 is 0 Å². The normalized spacial score (nSPS) is 12.0. The molecule has 0 saturated carbocycles. The van der Waals surface area contributed by atoms with Gasteiger partial charge in [0.1, 0.15) is 0 Å². The van der Waals surface area contributed by atoms with Gasteiger partial charge in [0.15, 0.2) is 0 Å². The van der Waals surface area contributed by atoms with E-state index in [0.29, 0.717) is 0 Å². The maximum absolute atomic E-state index is 2.47. The van der Waals surface area contributed by atoms with Crippen molar-refractivity contribution in [2.75, 3.05) is 5.75 Å². The van der Waals surface area contributed by atoms with Gasteiger partial charge in [-0.3, -0.25) is 0 Å². The van der Waals surface area contributed by atoms with Crippen molar-refractivity contribution >= 4 is 34.3 Å². The third-order valence-corrected chi connectivity index (χ3v) is 7.78.